The highest BCUT2D eigenvalue weighted by atomic mass is 32.1. The highest BCUT2D eigenvalue weighted by molar-refractivity contribution is 7.13. The molecule has 0 atom stereocenters. The second-order valence-corrected chi connectivity index (χ2v) is 5.39. The van der Waals surface area contributed by atoms with Gasteiger partial charge in [0.05, 0.1) is 4.88 Å². The van der Waals surface area contributed by atoms with Crippen molar-refractivity contribution in [3.05, 3.63) is 47.3 Å². The van der Waals surface area contributed by atoms with Crippen LogP contribution in [0.5, 0.6) is 5.75 Å². The number of carbonyl (C=O) groups excluding carboxylic acids is 1. The van der Waals surface area contributed by atoms with E-state index in [9.17, 15) is 13.6 Å². The van der Waals surface area contributed by atoms with Crippen LogP contribution in [0, 0.1) is 0 Å². The van der Waals surface area contributed by atoms with Crippen molar-refractivity contribution in [1.29, 1.82) is 0 Å². The summed E-state index contributed by atoms with van der Waals surface area (Å²) in [6.07, 6.45) is 0. The lowest BCUT2D eigenvalue weighted by atomic mass is 10.1. The van der Waals surface area contributed by atoms with E-state index in [1.165, 1.54) is 40.4 Å². The lowest BCUT2D eigenvalue weighted by Gasteiger charge is -2.05. The Bertz CT molecular complexity index is 787. The van der Waals surface area contributed by atoms with E-state index >= 15 is 0 Å². The number of nitrogens with zero attached hydrogens (tertiary/aromatic N) is 4. The molecule has 0 aliphatic rings. The first kappa shape index (κ1) is 15.2. The number of aromatic nitrogens is 4. The number of carbonyl (C=O) groups is 1. The number of thiophene rings is 1. The molecule has 9 heteroatoms. The maximum absolute atomic E-state index is 12.1. The van der Waals surface area contributed by atoms with Gasteiger partial charge in [0.25, 0.3) is 0 Å². The molecule has 6 nitrogen and oxygen atoms in total. The number of ether oxygens (including phenoxy) is 1. The fraction of sp³-hybridized carbons (Fsp3) is 0.143. The Hall–Kier alpha value is -2.68. The van der Waals surface area contributed by atoms with Gasteiger partial charge >= 0.3 is 6.61 Å². The highest BCUT2D eigenvalue weighted by Crippen LogP contribution is 2.19. The summed E-state index contributed by atoms with van der Waals surface area (Å²) in [4.78, 5) is 14.2. The van der Waals surface area contributed by atoms with Crippen molar-refractivity contribution in [3.8, 4) is 16.5 Å². The minimum Gasteiger partial charge on any atom is -0.435 e. The molecule has 0 amide bonds. The molecule has 0 fully saturated rings. The molecule has 0 aliphatic heterocycles. The Morgan fingerprint density at radius 3 is 2.70 bits per heavy atom. The topological polar surface area (TPSA) is 69.9 Å². The number of halogens is 2. The van der Waals surface area contributed by atoms with E-state index in [0.717, 1.165) is 4.88 Å². The number of hydrogen-bond donors (Lipinski definition) is 0. The Balaban J connectivity index is 1.67. The third-order valence-corrected chi connectivity index (χ3v) is 3.75. The van der Waals surface area contributed by atoms with Crippen LogP contribution < -0.4 is 4.74 Å². The van der Waals surface area contributed by atoms with Crippen LogP contribution in [0.15, 0.2) is 41.8 Å². The molecule has 2 aromatic heterocycles. The lowest BCUT2D eigenvalue weighted by molar-refractivity contribution is -0.0498. The molecule has 0 radical (unpaired) electrons. The molecule has 0 bridgehead atoms. The summed E-state index contributed by atoms with van der Waals surface area (Å²) in [6.45, 7) is -2.99. The van der Waals surface area contributed by atoms with Gasteiger partial charge in [-0.3, -0.25) is 4.79 Å². The number of tetrazole rings is 1. The van der Waals surface area contributed by atoms with Crippen LogP contribution in [0.4, 0.5) is 8.78 Å². The summed E-state index contributed by atoms with van der Waals surface area (Å²) in [7, 11) is 0. The van der Waals surface area contributed by atoms with E-state index in [0.29, 0.717) is 11.4 Å². The Morgan fingerprint density at radius 1 is 1.26 bits per heavy atom. The lowest BCUT2D eigenvalue weighted by Crippen LogP contribution is -2.13. The van der Waals surface area contributed by atoms with E-state index in [1.807, 2.05) is 17.5 Å². The van der Waals surface area contributed by atoms with Crippen LogP contribution >= 0.6 is 11.3 Å². The number of Topliss-reactive ketones (excluding diaryl/α,β-unsaturated/α-hetero) is 1. The van der Waals surface area contributed by atoms with Crippen LogP contribution in [-0.4, -0.2) is 32.6 Å². The zero-order valence-electron chi connectivity index (χ0n) is 11.6. The first-order valence-electron chi connectivity index (χ1n) is 6.51. The van der Waals surface area contributed by atoms with Gasteiger partial charge < -0.3 is 4.74 Å². The first-order chi connectivity index (χ1) is 11.1. The van der Waals surface area contributed by atoms with Crippen molar-refractivity contribution < 1.29 is 18.3 Å². The molecular weight excluding hydrogens is 326 g/mol. The van der Waals surface area contributed by atoms with E-state index in [1.54, 1.807) is 0 Å². The maximum Gasteiger partial charge on any atom is 0.387 e. The molecule has 0 aliphatic carbocycles. The number of rotatable bonds is 6. The first-order valence-corrected chi connectivity index (χ1v) is 7.39. The largest absolute Gasteiger partial charge is 0.435 e. The standard InChI is InChI=1S/C14H10F2N4O2S/c15-14(16)22-10-5-3-9(4-6-10)11(21)8-20-18-13(17-19-20)12-2-1-7-23-12/h1-7,14H,8H2. The zero-order valence-corrected chi connectivity index (χ0v) is 12.4. The van der Waals surface area contributed by atoms with Gasteiger partial charge in [-0.15, -0.1) is 21.5 Å². The summed E-state index contributed by atoms with van der Waals surface area (Å²) in [5, 5.41) is 13.7. The maximum atomic E-state index is 12.1. The minimum absolute atomic E-state index is 0.00425. The van der Waals surface area contributed by atoms with Gasteiger partial charge in [-0.2, -0.15) is 13.6 Å². The molecule has 0 saturated heterocycles. The summed E-state index contributed by atoms with van der Waals surface area (Å²) >= 11 is 1.47. The van der Waals surface area contributed by atoms with Gasteiger partial charge in [0.2, 0.25) is 5.82 Å². The van der Waals surface area contributed by atoms with E-state index in [4.69, 9.17) is 0 Å². The second kappa shape index (κ2) is 6.61. The second-order valence-electron chi connectivity index (χ2n) is 4.45. The average Bonchev–Trinajstić information content (AvgIpc) is 3.18. The van der Waals surface area contributed by atoms with E-state index in [2.05, 4.69) is 20.1 Å². The molecule has 118 valence electrons. The van der Waals surface area contributed by atoms with Gasteiger partial charge in [-0.25, -0.2) is 0 Å². The van der Waals surface area contributed by atoms with Crippen molar-refractivity contribution in [3.63, 3.8) is 0 Å². The van der Waals surface area contributed by atoms with Crippen LogP contribution in [0.25, 0.3) is 10.7 Å². The fourth-order valence-corrected chi connectivity index (χ4v) is 2.50. The van der Waals surface area contributed by atoms with Crippen molar-refractivity contribution >= 4 is 17.1 Å². The monoisotopic (exact) mass is 336 g/mol. The van der Waals surface area contributed by atoms with Crippen molar-refractivity contribution in [2.24, 2.45) is 0 Å². The van der Waals surface area contributed by atoms with Gasteiger partial charge in [-0.05, 0) is 40.9 Å². The number of benzene rings is 1. The van der Waals surface area contributed by atoms with Crippen LogP contribution in [-0.2, 0) is 6.54 Å². The molecule has 3 aromatic rings. The molecule has 1 aromatic carbocycles. The summed E-state index contributed by atoms with van der Waals surface area (Å²) in [5.41, 5.74) is 0.349. The average molecular weight is 336 g/mol. The van der Waals surface area contributed by atoms with Gasteiger partial charge in [0, 0.05) is 5.56 Å². The van der Waals surface area contributed by atoms with Crippen LogP contribution in [0.1, 0.15) is 10.4 Å². The molecule has 3 rings (SSSR count). The Morgan fingerprint density at radius 2 is 2.04 bits per heavy atom. The van der Waals surface area contributed by atoms with Crippen molar-refractivity contribution in [2.75, 3.05) is 0 Å². The summed E-state index contributed by atoms with van der Waals surface area (Å²) in [6, 6.07) is 9.18. The molecule has 23 heavy (non-hydrogen) atoms. The molecule has 2 heterocycles. The Labute approximate surface area is 133 Å². The molecule has 0 saturated carbocycles. The van der Waals surface area contributed by atoms with Crippen LogP contribution in [0.3, 0.4) is 0 Å². The Kier molecular flexibility index (Phi) is 4.38. The summed E-state index contributed by atoms with van der Waals surface area (Å²) < 4.78 is 28.4. The van der Waals surface area contributed by atoms with Gasteiger partial charge in [-0.1, -0.05) is 6.07 Å². The highest BCUT2D eigenvalue weighted by Gasteiger charge is 2.12. The molecular formula is C14H10F2N4O2S. The minimum atomic E-state index is -2.90. The van der Waals surface area contributed by atoms with Crippen molar-refractivity contribution in [2.45, 2.75) is 13.2 Å². The fourth-order valence-electron chi connectivity index (χ4n) is 1.86. The number of alkyl halides is 2. The molecule has 0 N–H and O–H groups in total. The SMILES string of the molecule is O=C(Cn1nnc(-c2cccs2)n1)c1ccc(OC(F)F)cc1. The third-order valence-electron chi connectivity index (χ3n) is 2.88. The smallest absolute Gasteiger partial charge is 0.387 e. The zero-order chi connectivity index (χ0) is 16.2. The normalized spacial score (nSPS) is 10.9. The van der Waals surface area contributed by atoms with E-state index in [-0.39, 0.29) is 18.1 Å². The van der Waals surface area contributed by atoms with Crippen LogP contribution in [0.2, 0.25) is 0 Å². The summed E-state index contributed by atoms with van der Waals surface area (Å²) in [5.74, 6) is 0.188. The van der Waals surface area contributed by atoms with Gasteiger partial charge in [0.1, 0.15) is 12.3 Å². The third kappa shape index (κ3) is 3.75. The van der Waals surface area contributed by atoms with E-state index < -0.39 is 6.61 Å². The molecule has 0 unspecified atom stereocenters. The predicted molar refractivity (Wildman–Crippen MR) is 78.5 cm³/mol. The molecule has 0 spiro atoms. The quantitative estimate of drug-likeness (QED) is 0.647. The number of ketones is 1. The predicted octanol–water partition coefficient (Wildman–Crippen LogP) is 2.89. The van der Waals surface area contributed by atoms with Gasteiger partial charge in [0.15, 0.2) is 5.78 Å². The van der Waals surface area contributed by atoms with Crippen molar-refractivity contribution in [1.82, 2.24) is 20.2 Å². The number of hydrogen-bond acceptors (Lipinski definition) is 6.